The zero-order valence-electron chi connectivity index (χ0n) is 19.5. The van der Waals surface area contributed by atoms with Crippen LogP contribution in [0.1, 0.15) is 42.9 Å². The summed E-state index contributed by atoms with van der Waals surface area (Å²) in [6, 6.07) is 14.4. The number of aryl methyl sites for hydroxylation is 2. The Hall–Kier alpha value is -2.71. The standard InChI is InChI=1S/C25H32N4O3S/c1-18-14-19(2)17-28(16-18)33(31,32)22-9-6-8-21(15-22)25(30)26-12-7-13-29-20(3)27-23-10-4-5-11-24(23)29/h4-6,8-11,15,18-19H,7,12-14,16-17H2,1-3H3,(H,26,30)/t18-,19-/m1/s1. The number of aromatic nitrogens is 2. The fourth-order valence-electron chi connectivity index (χ4n) is 4.77. The van der Waals surface area contributed by atoms with Gasteiger partial charge in [0.05, 0.1) is 15.9 Å². The molecule has 0 radical (unpaired) electrons. The van der Waals surface area contributed by atoms with Crippen LogP contribution in [0.5, 0.6) is 0 Å². The van der Waals surface area contributed by atoms with Crippen molar-refractivity contribution in [2.24, 2.45) is 11.8 Å². The first-order chi connectivity index (χ1) is 15.8. The third-order valence-electron chi connectivity index (χ3n) is 6.26. The Balaban J connectivity index is 1.38. The summed E-state index contributed by atoms with van der Waals surface area (Å²) < 4.78 is 30.0. The first kappa shape index (κ1) is 23.4. The summed E-state index contributed by atoms with van der Waals surface area (Å²) in [6.45, 7) is 8.41. The third-order valence-corrected chi connectivity index (χ3v) is 8.09. The average molecular weight is 469 g/mol. The van der Waals surface area contributed by atoms with Gasteiger partial charge in [-0.1, -0.05) is 32.0 Å². The van der Waals surface area contributed by atoms with Crippen molar-refractivity contribution in [3.05, 3.63) is 59.9 Å². The number of carbonyl (C=O) groups excluding carboxylic acids is 1. The van der Waals surface area contributed by atoms with Crippen molar-refractivity contribution in [1.29, 1.82) is 0 Å². The number of piperidine rings is 1. The minimum Gasteiger partial charge on any atom is -0.352 e. The first-order valence-electron chi connectivity index (χ1n) is 11.6. The maximum absolute atomic E-state index is 13.2. The van der Waals surface area contributed by atoms with Crippen LogP contribution in [0, 0.1) is 18.8 Å². The molecule has 33 heavy (non-hydrogen) atoms. The largest absolute Gasteiger partial charge is 0.352 e. The van der Waals surface area contributed by atoms with E-state index in [4.69, 9.17) is 0 Å². The number of fused-ring (bicyclic) bond motifs is 1. The molecule has 1 fully saturated rings. The van der Waals surface area contributed by atoms with E-state index in [-0.39, 0.29) is 10.8 Å². The number of rotatable bonds is 7. The van der Waals surface area contributed by atoms with Gasteiger partial charge in [0, 0.05) is 31.7 Å². The number of hydrogen-bond acceptors (Lipinski definition) is 4. The lowest BCUT2D eigenvalue weighted by Gasteiger charge is -2.34. The minimum atomic E-state index is -3.62. The molecule has 4 rings (SSSR count). The van der Waals surface area contributed by atoms with Crippen LogP contribution in [0.4, 0.5) is 0 Å². The number of amides is 1. The van der Waals surface area contributed by atoms with Crippen molar-refractivity contribution in [2.45, 2.75) is 45.1 Å². The van der Waals surface area contributed by atoms with Gasteiger partial charge in [-0.2, -0.15) is 4.31 Å². The summed E-state index contributed by atoms with van der Waals surface area (Å²) in [6.07, 6.45) is 1.78. The van der Waals surface area contributed by atoms with E-state index < -0.39 is 10.0 Å². The summed E-state index contributed by atoms with van der Waals surface area (Å²) in [7, 11) is -3.62. The maximum atomic E-state index is 13.2. The molecule has 0 bridgehead atoms. The van der Waals surface area contributed by atoms with Crippen LogP contribution in [-0.4, -0.2) is 47.8 Å². The molecule has 1 aliphatic rings. The van der Waals surface area contributed by atoms with Crippen LogP contribution in [-0.2, 0) is 16.6 Å². The number of benzene rings is 2. The van der Waals surface area contributed by atoms with Crippen LogP contribution < -0.4 is 5.32 Å². The van der Waals surface area contributed by atoms with Crippen molar-refractivity contribution < 1.29 is 13.2 Å². The Labute approximate surface area is 195 Å². The second-order valence-electron chi connectivity index (χ2n) is 9.20. The second-order valence-corrected chi connectivity index (χ2v) is 11.1. The highest BCUT2D eigenvalue weighted by molar-refractivity contribution is 7.89. The molecule has 1 saturated heterocycles. The van der Waals surface area contributed by atoms with Crippen molar-refractivity contribution in [3.63, 3.8) is 0 Å². The maximum Gasteiger partial charge on any atom is 0.251 e. The van der Waals surface area contributed by atoms with Gasteiger partial charge in [0.2, 0.25) is 10.0 Å². The van der Waals surface area contributed by atoms with Gasteiger partial charge in [-0.15, -0.1) is 0 Å². The molecule has 0 spiro atoms. The van der Waals surface area contributed by atoms with E-state index in [1.807, 2.05) is 31.2 Å². The van der Waals surface area contributed by atoms with Crippen LogP contribution in [0.3, 0.4) is 0 Å². The molecule has 0 aliphatic carbocycles. The Morgan fingerprint density at radius 1 is 1.09 bits per heavy atom. The predicted octanol–water partition coefficient (Wildman–Crippen LogP) is 3.83. The molecule has 8 heteroatoms. The number of imidazole rings is 1. The van der Waals surface area contributed by atoms with Crippen LogP contribution >= 0.6 is 0 Å². The monoisotopic (exact) mass is 468 g/mol. The van der Waals surface area contributed by atoms with E-state index in [9.17, 15) is 13.2 Å². The highest BCUT2D eigenvalue weighted by Gasteiger charge is 2.31. The lowest BCUT2D eigenvalue weighted by molar-refractivity contribution is 0.0952. The summed E-state index contributed by atoms with van der Waals surface area (Å²) in [4.78, 5) is 17.5. The molecule has 7 nitrogen and oxygen atoms in total. The number of carbonyl (C=O) groups is 1. The summed E-state index contributed by atoms with van der Waals surface area (Å²) in [5.74, 6) is 1.33. The fraction of sp³-hybridized carbons (Fsp3) is 0.440. The number of sulfonamides is 1. The molecule has 176 valence electrons. The zero-order chi connectivity index (χ0) is 23.6. The quantitative estimate of drug-likeness (QED) is 0.534. The van der Waals surface area contributed by atoms with Gasteiger partial charge in [-0.3, -0.25) is 4.79 Å². The van der Waals surface area contributed by atoms with E-state index in [1.165, 1.54) is 6.07 Å². The number of hydrogen-bond donors (Lipinski definition) is 1. The number of para-hydroxylation sites is 2. The highest BCUT2D eigenvalue weighted by Crippen LogP contribution is 2.27. The molecule has 3 aromatic rings. The van der Waals surface area contributed by atoms with E-state index in [2.05, 4.69) is 28.7 Å². The van der Waals surface area contributed by atoms with E-state index in [0.29, 0.717) is 37.0 Å². The fourth-order valence-corrected chi connectivity index (χ4v) is 6.49. The highest BCUT2D eigenvalue weighted by atomic mass is 32.2. The molecule has 2 atom stereocenters. The Kier molecular flexibility index (Phi) is 6.86. The molecule has 2 heterocycles. The molecule has 1 amide bonds. The van der Waals surface area contributed by atoms with Crippen molar-refractivity contribution >= 4 is 27.0 Å². The number of nitrogens with one attached hydrogen (secondary N) is 1. The first-order valence-corrected chi connectivity index (χ1v) is 13.0. The van der Waals surface area contributed by atoms with Gasteiger partial charge in [-0.25, -0.2) is 13.4 Å². The summed E-state index contributed by atoms with van der Waals surface area (Å²) in [5, 5.41) is 2.92. The summed E-state index contributed by atoms with van der Waals surface area (Å²) in [5.41, 5.74) is 2.41. The van der Waals surface area contributed by atoms with Gasteiger partial charge in [0.25, 0.3) is 5.91 Å². The van der Waals surface area contributed by atoms with E-state index in [1.54, 1.807) is 22.5 Å². The molecule has 1 N–H and O–H groups in total. The SMILES string of the molecule is Cc1nc2ccccc2n1CCCNC(=O)c1cccc(S(=O)(=O)N2C[C@H](C)C[C@@H](C)C2)c1. The molecular formula is C25H32N4O3S. The topological polar surface area (TPSA) is 84.3 Å². The van der Waals surface area contributed by atoms with E-state index in [0.717, 1.165) is 36.2 Å². The van der Waals surface area contributed by atoms with Gasteiger partial charge >= 0.3 is 0 Å². The van der Waals surface area contributed by atoms with Gasteiger partial charge < -0.3 is 9.88 Å². The molecule has 2 aromatic carbocycles. The van der Waals surface area contributed by atoms with Gasteiger partial charge in [0.15, 0.2) is 0 Å². The zero-order valence-corrected chi connectivity index (χ0v) is 20.3. The molecular weight excluding hydrogens is 436 g/mol. The second kappa shape index (κ2) is 9.65. The van der Waals surface area contributed by atoms with Crippen molar-refractivity contribution in [1.82, 2.24) is 19.2 Å². The van der Waals surface area contributed by atoms with Crippen LogP contribution in [0.15, 0.2) is 53.4 Å². The van der Waals surface area contributed by atoms with Crippen molar-refractivity contribution in [3.8, 4) is 0 Å². The minimum absolute atomic E-state index is 0.178. The van der Waals surface area contributed by atoms with Crippen molar-refractivity contribution in [2.75, 3.05) is 19.6 Å². The molecule has 1 aliphatic heterocycles. The van der Waals surface area contributed by atoms with Gasteiger partial charge in [-0.05, 0) is 61.9 Å². The Bertz CT molecular complexity index is 1240. The average Bonchev–Trinajstić information content (AvgIpc) is 3.11. The molecule has 0 unspecified atom stereocenters. The Morgan fingerprint density at radius 2 is 1.82 bits per heavy atom. The predicted molar refractivity (Wildman–Crippen MR) is 130 cm³/mol. The third kappa shape index (κ3) is 5.12. The summed E-state index contributed by atoms with van der Waals surface area (Å²) >= 11 is 0. The molecule has 0 saturated carbocycles. The smallest absolute Gasteiger partial charge is 0.251 e. The lowest BCUT2D eigenvalue weighted by Crippen LogP contribution is -2.42. The van der Waals surface area contributed by atoms with E-state index >= 15 is 0 Å². The number of nitrogens with zero attached hydrogens (tertiary/aromatic N) is 3. The Morgan fingerprint density at radius 3 is 2.58 bits per heavy atom. The van der Waals surface area contributed by atoms with Gasteiger partial charge in [0.1, 0.15) is 5.82 Å². The molecule has 1 aromatic heterocycles. The van der Waals surface area contributed by atoms with Crippen LogP contribution in [0.2, 0.25) is 0 Å². The lowest BCUT2D eigenvalue weighted by atomic mass is 9.94. The normalized spacial score (nSPS) is 19.6. The van der Waals surface area contributed by atoms with Crippen LogP contribution in [0.25, 0.3) is 11.0 Å².